The lowest BCUT2D eigenvalue weighted by Crippen LogP contribution is -2.10. The van der Waals surface area contributed by atoms with Gasteiger partial charge in [0.1, 0.15) is 5.01 Å². The highest BCUT2D eigenvalue weighted by molar-refractivity contribution is 7.09. The largest absolute Gasteiger partial charge is 0.417 e. The summed E-state index contributed by atoms with van der Waals surface area (Å²) in [4.78, 5) is 4.12. The molecule has 1 unspecified atom stereocenters. The first kappa shape index (κ1) is 14.3. The Balaban J connectivity index is 2.25. The number of nitrogens with zero attached hydrogens (tertiary/aromatic N) is 2. The van der Waals surface area contributed by atoms with Crippen LogP contribution in [0.2, 0.25) is 0 Å². The van der Waals surface area contributed by atoms with Crippen LogP contribution in [0.25, 0.3) is 0 Å². The van der Waals surface area contributed by atoms with Gasteiger partial charge in [0, 0.05) is 17.3 Å². The molecule has 0 bridgehead atoms. The molecule has 0 fully saturated rings. The molecule has 2 aromatic rings. The predicted molar refractivity (Wildman–Crippen MR) is 70.3 cm³/mol. The van der Waals surface area contributed by atoms with E-state index in [0.29, 0.717) is 5.69 Å². The fraction of sp³-hybridized carbons (Fsp3) is 0.231. The van der Waals surface area contributed by atoms with Crippen molar-refractivity contribution in [2.45, 2.75) is 19.1 Å². The first-order valence-corrected chi connectivity index (χ1v) is 6.57. The number of nitrogens with one attached hydrogen (secondary N) is 1. The van der Waals surface area contributed by atoms with Gasteiger partial charge in [-0.2, -0.15) is 18.4 Å². The summed E-state index contributed by atoms with van der Waals surface area (Å²) in [6.07, 6.45) is -2.86. The number of alkyl halides is 3. The fourth-order valence-electron chi connectivity index (χ4n) is 1.73. The molecule has 1 aromatic carbocycles. The van der Waals surface area contributed by atoms with Crippen LogP contribution in [0.1, 0.15) is 29.1 Å². The molecule has 104 valence electrons. The van der Waals surface area contributed by atoms with E-state index in [1.165, 1.54) is 23.5 Å². The fourth-order valence-corrected chi connectivity index (χ4v) is 2.38. The van der Waals surface area contributed by atoms with Gasteiger partial charge in [0.05, 0.1) is 23.2 Å². The summed E-state index contributed by atoms with van der Waals surface area (Å²) < 4.78 is 38.0. The van der Waals surface area contributed by atoms with Gasteiger partial charge in [0.2, 0.25) is 0 Å². The molecule has 0 aliphatic rings. The molecule has 20 heavy (non-hydrogen) atoms. The summed E-state index contributed by atoms with van der Waals surface area (Å²) in [7, 11) is 0. The maximum absolute atomic E-state index is 12.7. The second-order valence-corrected chi connectivity index (χ2v) is 5.03. The molecule has 0 saturated heterocycles. The summed E-state index contributed by atoms with van der Waals surface area (Å²) in [5, 5.41) is 14.5. The van der Waals surface area contributed by atoms with Gasteiger partial charge in [0.15, 0.2) is 0 Å². The Morgan fingerprint density at radius 3 is 2.70 bits per heavy atom. The smallest absolute Gasteiger partial charge is 0.376 e. The minimum Gasteiger partial charge on any atom is -0.376 e. The molecule has 0 aliphatic carbocycles. The minimum absolute atomic E-state index is 0.140. The molecule has 2 rings (SSSR count). The van der Waals surface area contributed by atoms with Crippen LogP contribution in [-0.2, 0) is 6.18 Å². The number of nitriles is 1. The molecular formula is C13H10F3N3S. The second kappa shape index (κ2) is 5.51. The third-order valence-corrected chi connectivity index (χ3v) is 3.61. The maximum atomic E-state index is 12.7. The molecule has 0 amide bonds. The van der Waals surface area contributed by atoms with Gasteiger partial charge >= 0.3 is 6.18 Å². The number of hydrogen-bond donors (Lipinski definition) is 1. The quantitative estimate of drug-likeness (QED) is 0.923. The highest BCUT2D eigenvalue weighted by Gasteiger charge is 2.33. The monoisotopic (exact) mass is 297 g/mol. The number of aromatic nitrogens is 1. The van der Waals surface area contributed by atoms with Crippen LogP contribution in [0, 0.1) is 11.3 Å². The summed E-state index contributed by atoms with van der Waals surface area (Å²) in [6, 6.07) is 4.86. The van der Waals surface area contributed by atoms with Crippen molar-refractivity contribution in [1.29, 1.82) is 5.26 Å². The second-order valence-electron chi connectivity index (χ2n) is 4.11. The Morgan fingerprint density at radius 1 is 1.40 bits per heavy atom. The van der Waals surface area contributed by atoms with Gasteiger partial charge in [-0.3, -0.25) is 0 Å². The van der Waals surface area contributed by atoms with Crippen LogP contribution < -0.4 is 5.32 Å². The van der Waals surface area contributed by atoms with Gasteiger partial charge in [0.25, 0.3) is 0 Å². The zero-order chi connectivity index (χ0) is 14.8. The Labute approximate surface area is 117 Å². The van der Waals surface area contributed by atoms with E-state index in [0.717, 1.165) is 11.1 Å². The van der Waals surface area contributed by atoms with Crippen molar-refractivity contribution in [2.24, 2.45) is 0 Å². The predicted octanol–water partition coefficient (Wildman–Crippen LogP) is 4.21. The van der Waals surface area contributed by atoms with Gasteiger partial charge in [-0.15, -0.1) is 11.3 Å². The number of halogens is 3. The van der Waals surface area contributed by atoms with E-state index in [-0.39, 0.29) is 6.04 Å². The van der Waals surface area contributed by atoms with E-state index in [2.05, 4.69) is 10.3 Å². The average molecular weight is 297 g/mol. The van der Waals surface area contributed by atoms with Gasteiger partial charge < -0.3 is 5.32 Å². The minimum atomic E-state index is -4.52. The van der Waals surface area contributed by atoms with Crippen LogP contribution in [0.15, 0.2) is 29.8 Å². The van der Waals surface area contributed by atoms with E-state index in [4.69, 9.17) is 5.26 Å². The molecule has 0 saturated carbocycles. The van der Waals surface area contributed by atoms with Crippen molar-refractivity contribution in [1.82, 2.24) is 4.98 Å². The molecule has 1 N–H and O–H groups in total. The van der Waals surface area contributed by atoms with Gasteiger partial charge in [-0.25, -0.2) is 4.98 Å². The summed E-state index contributed by atoms with van der Waals surface area (Å²) in [6.45, 7) is 1.85. The SMILES string of the molecule is CC(Nc1ccc(C(F)(F)F)c(C#N)c1)c1nccs1. The van der Waals surface area contributed by atoms with Crippen LogP contribution in [0.4, 0.5) is 18.9 Å². The van der Waals surface area contributed by atoms with Gasteiger partial charge in [-0.05, 0) is 25.1 Å². The first-order chi connectivity index (χ1) is 9.41. The summed E-state index contributed by atoms with van der Waals surface area (Å²) >= 11 is 1.45. The van der Waals surface area contributed by atoms with Crippen molar-refractivity contribution in [3.05, 3.63) is 45.9 Å². The molecule has 0 spiro atoms. The van der Waals surface area contributed by atoms with Crippen molar-refractivity contribution in [2.75, 3.05) is 5.32 Å². The van der Waals surface area contributed by atoms with Gasteiger partial charge in [-0.1, -0.05) is 0 Å². The number of benzene rings is 1. The number of hydrogen-bond acceptors (Lipinski definition) is 4. The topological polar surface area (TPSA) is 48.7 Å². The number of anilines is 1. The molecule has 1 atom stereocenters. The van der Waals surface area contributed by atoms with E-state index < -0.39 is 17.3 Å². The van der Waals surface area contributed by atoms with Crippen LogP contribution in [-0.4, -0.2) is 4.98 Å². The Kier molecular flexibility index (Phi) is 3.95. The molecule has 7 heteroatoms. The van der Waals surface area contributed by atoms with Crippen LogP contribution in [0.5, 0.6) is 0 Å². The summed E-state index contributed by atoms with van der Waals surface area (Å²) in [5.41, 5.74) is -0.862. The summed E-state index contributed by atoms with van der Waals surface area (Å²) in [5.74, 6) is 0. The van der Waals surface area contributed by atoms with Crippen molar-refractivity contribution in [3.8, 4) is 6.07 Å². The molecule has 0 aliphatic heterocycles. The molecular weight excluding hydrogens is 287 g/mol. The van der Waals surface area contributed by atoms with E-state index in [1.807, 2.05) is 12.3 Å². The van der Waals surface area contributed by atoms with Crippen LogP contribution in [0.3, 0.4) is 0 Å². The van der Waals surface area contributed by atoms with E-state index in [9.17, 15) is 13.2 Å². The third-order valence-electron chi connectivity index (χ3n) is 2.65. The van der Waals surface area contributed by atoms with Crippen molar-refractivity contribution >= 4 is 17.0 Å². The maximum Gasteiger partial charge on any atom is 0.417 e. The lowest BCUT2D eigenvalue weighted by molar-refractivity contribution is -0.137. The molecule has 1 aromatic heterocycles. The average Bonchev–Trinajstić information content (AvgIpc) is 2.91. The molecule has 0 radical (unpaired) electrons. The lowest BCUT2D eigenvalue weighted by Gasteiger charge is -2.15. The van der Waals surface area contributed by atoms with Crippen molar-refractivity contribution in [3.63, 3.8) is 0 Å². The molecule has 3 nitrogen and oxygen atoms in total. The standard InChI is InChI=1S/C13H10F3N3S/c1-8(12-18-4-5-20-12)19-10-2-3-11(13(14,15)16)9(6-10)7-17/h2-6,8,19H,1H3. The zero-order valence-electron chi connectivity index (χ0n) is 10.4. The Bertz CT molecular complexity index is 629. The van der Waals surface area contributed by atoms with E-state index in [1.54, 1.807) is 12.3 Å². The highest BCUT2D eigenvalue weighted by Crippen LogP contribution is 2.33. The normalized spacial score (nSPS) is 12.8. The molecule has 1 heterocycles. The Morgan fingerprint density at radius 2 is 2.15 bits per heavy atom. The Hall–Kier alpha value is -2.07. The zero-order valence-corrected chi connectivity index (χ0v) is 11.2. The van der Waals surface area contributed by atoms with Crippen LogP contribution >= 0.6 is 11.3 Å². The van der Waals surface area contributed by atoms with E-state index >= 15 is 0 Å². The first-order valence-electron chi connectivity index (χ1n) is 5.69. The highest BCUT2D eigenvalue weighted by atomic mass is 32.1. The van der Waals surface area contributed by atoms with Crippen molar-refractivity contribution < 1.29 is 13.2 Å². The number of thiazole rings is 1. The third kappa shape index (κ3) is 3.08. The number of rotatable bonds is 3. The lowest BCUT2D eigenvalue weighted by atomic mass is 10.1.